The lowest BCUT2D eigenvalue weighted by molar-refractivity contribution is 0.1000. The Bertz CT molecular complexity index is 961. The number of amides is 1. The van der Waals surface area contributed by atoms with Gasteiger partial charge in [-0.05, 0) is 42.9 Å². The number of nitrogens with zero attached hydrogens (tertiary/aromatic N) is 1. The molecule has 2 heterocycles. The van der Waals surface area contributed by atoms with Gasteiger partial charge in [0.1, 0.15) is 16.3 Å². The molecular formula is C18H19N3O2S2. The van der Waals surface area contributed by atoms with Crippen molar-refractivity contribution in [2.24, 2.45) is 11.7 Å². The van der Waals surface area contributed by atoms with E-state index in [0.717, 1.165) is 50.9 Å². The number of rotatable bonds is 4. The highest BCUT2D eigenvalue weighted by atomic mass is 32.1. The third-order valence-electron chi connectivity index (χ3n) is 4.58. The average Bonchev–Trinajstić information content (AvgIpc) is 3.14. The molecule has 1 aromatic carbocycles. The van der Waals surface area contributed by atoms with E-state index in [0.29, 0.717) is 11.5 Å². The van der Waals surface area contributed by atoms with Gasteiger partial charge in [0.2, 0.25) is 0 Å². The topological polar surface area (TPSA) is 77.2 Å². The molecule has 0 saturated carbocycles. The van der Waals surface area contributed by atoms with Crippen LogP contribution >= 0.6 is 22.7 Å². The molecule has 5 nitrogen and oxygen atoms in total. The van der Waals surface area contributed by atoms with Gasteiger partial charge in [0.15, 0.2) is 5.13 Å². The normalized spacial score (nSPS) is 16.6. The maximum atomic E-state index is 12.1. The van der Waals surface area contributed by atoms with Crippen molar-refractivity contribution in [2.45, 2.75) is 26.2 Å². The summed E-state index contributed by atoms with van der Waals surface area (Å²) in [5, 5.41) is 4.89. The molecule has 0 fully saturated rings. The predicted molar refractivity (Wildman–Crippen MR) is 103 cm³/mol. The number of aromatic nitrogens is 1. The van der Waals surface area contributed by atoms with Crippen molar-refractivity contribution in [3.8, 4) is 5.75 Å². The second-order valence-electron chi connectivity index (χ2n) is 6.37. The van der Waals surface area contributed by atoms with E-state index in [1.54, 1.807) is 29.8 Å². The Morgan fingerprint density at radius 1 is 1.40 bits per heavy atom. The van der Waals surface area contributed by atoms with Gasteiger partial charge in [0.05, 0.1) is 17.4 Å². The molecule has 0 radical (unpaired) electrons. The number of thiazole rings is 1. The molecule has 0 saturated heterocycles. The summed E-state index contributed by atoms with van der Waals surface area (Å²) in [5.41, 5.74) is 8.27. The Morgan fingerprint density at radius 2 is 2.24 bits per heavy atom. The van der Waals surface area contributed by atoms with Gasteiger partial charge in [-0.2, -0.15) is 0 Å². The van der Waals surface area contributed by atoms with Crippen molar-refractivity contribution in [3.05, 3.63) is 34.2 Å². The summed E-state index contributed by atoms with van der Waals surface area (Å²) in [6.07, 6.45) is 3.03. The lowest BCUT2D eigenvalue weighted by Crippen LogP contribution is -2.17. The molecular weight excluding hydrogens is 354 g/mol. The van der Waals surface area contributed by atoms with Crippen molar-refractivity contribution in [3.63, 3.8) is 0 Å². The van der Waals surface area contributed by atoms with E-state index in [1.807, 2.05) is 18.2 Å². The SMILES string of the molecule is COc1cccc2sc(Nc3sc4c(c3C(N)=O)CC[C@H](C)C4)nc12. The van der Waals surface area contributed by atoms with Gasteiger partial charge >= 0.3 is 0 Å². The number of para-hydroxylation sites is 1. The molecule has 0 bridgehead atoms. The third-order valence-corrected chi connectivity index (χ3v) is 6.69. The Morgan fingerprint density at radius 3 is 3.00 bits per heavy atom. The van der Waals surface area contributed by atoms with E-state index in [9.17, 15) is 4.79 Å². The van der Waals surface area contributed by atoms with Gasteiger partial charge < -0.3 is 15.8 Å². The quantitative estimate of drug-likeness (QED) is 0.713. The number of ether oxygens (including phenoxy) is 1. The molecule has 130 valence electrons. The van der Waals surface area contributed by atoms with Crippen molar-refractivity contribution in [1.29, 1.82) is 0 Å². The maximum Gasteiger partial charge on any atom is 0.251 e. The number of hydrogen-bond donors (Lipinski definition) is 2. The zero-order chi connectivity index (χ0) is 17.6. The van der Waals surface area contributed by atoms with Crippen LogP contribution in [0.25, 0.3) is 10.2 Å². The summed E-state index contributed by atoms with van der Waals surface area (Å²) < 4.78 is 6.42. The first-order valence-corrected chi connectivity index (χ1v) is 9.85. The predicted octanol–water partition coefficient (Wildman–Crippen LogP) is 4.33. The summed E-state index contributed by atoms with van der Waals surface area (Å²) in [6.45, 7) is 2.25. The second-order valence-corrected chi connectivity index (χ2v) is 8.51. The van der Waals surface area contributed by atoms with Crippen LogP contribution in [0, 0.1) is 5.92 Å². The molecule has 1 aliphatic carbocycles. The molecule has 0 unspecified atom stereocenters. The number of fused-ring (bicyclic) bond motifs is 2. The summed E-state index contributed by atoms with van der Waals surface area (Å²) in [7, 11) is 1.64. The largest absolute Gasteiger partial charge is 0.494 e. The van der Waals surface area contributed by atoms with E-state index >= 15 is 0 Å². The van der Waals surface area contributed by atoms with Gasteiger partial charge in [-0.25, -0.2) is 4.98 Å². The van der Waals surface area contributed by atoms with Gasteiger partial charge in [0.25, 0.3) is 5.91 Å². The number of benzene rings is 1. The van der Waals surface area contributed by atoms with Crippen LogP contribution in [0.2, 0.25) is 0 Å². The molecule has 0 aliphatic heterocycles. The van der Waals surface area contributed by atoms with E-state index in [1.165, 1.54) is 4.88 Å². The Kier molecular flexibility index (Phi) is 4.13. The van der Waals surface area contributed by atoms with Gasteiger partial charge in [-0.15, -0.1) is 11.3 Å². The number of hydrogen-bond acceptors (Lipinski definition) is 6. The van der Waals surface area contributed by atoms with Crippen molar-refractivity contribution >= 4 is 48.9 Å². The number of thiophene rings is 1. The van der Waals surface area contributed by atoms with Gasteiger partial charge in [-0.3, -0.25) is 4.79 Å². The number of methoxy groups -OCH3 is 1. The van der Waals surface area contributed by atoms with Crippen LogP contribution in [-0.2, 0) is 12.8 Å². The third kappa shape index (κ3) is 2.87. The number of nitrogens with two attached hydrogens (primary N) is 1. The molecule has 1 atom stereocenters. The molecule has 0 spiro atoms. The molecule has 2 aromatic heterocycles. The molecule has 1 amide bonds. The van der Waals surface area contributed by atoms with E-state index < -0.39 is 0 Å². The fourth-order valence-electron chi connectivity index (χ4n) is 3.34. The van der Waals surface area contributed by atoms with Crippen LogP contribution in [0.5, 0.6) is 5.75 Å². The van der Waals surface area contributed by atoms with Crippen LogP contribution in [0.4, 0.5) is 10.1 Å². The van der Waals surface area contributed by atoms with Crippen LogP contribution in [-0.4, -0.2) is 18.0 Å². The number of anilines is 2. The zero-order valence-electron chi connectivity index (χ0n) is 14.1. The number of carbonyl (C=O) groups is 1. The fourth-order valence-corrected chi connectivity index (χ4v) is 5.71. The smallest absolute Gasteiger partial charge is 0.251 e. The highest BCUT2D eigenvalue weighted by Gasteiger charge is 2.27. The highest BCUT2D eigenvalue weighted by molar-refractivity contribution is 7.23. The zero-order valence-corrected chi connectivity index (χ0v) is 15.7. The molecule has 4 rings (SSSR count). The van der Waals surface area contributed by atoms with Crippen molar-refractivity contribution in [1.82, 2.24) is 4.98 Å². The summed E-state index contributed by atoms with van der Waals surface area (Å²) in [4.78, 5) is 18.0. The van der Waals surface area contributed by atoms with Crippen LogP contribution < -0.4 is 15.8 Å². The first kappa shape index (κ1) is 16.4. The van der Waals surface area contributed by atoms with E-state index in [2.05, 4.69) is 17.2 Å². The molecule has 3 N–H and O–H groups in total. The Hall–Kier alpha value is -2.12. The Balaban J connectivity index is 1.75. The van der Waals surface area contributed by atoms with E-state index in [-0.39, 0.29) is 5.91 Å². The minimum absolute atomic E-state index is 0.367. The van der Waals surface area contributed by atoms with E-state index in [4.69, 9.17) is 10.5 Å². The molecule has 25 heavy (non-hydrogen) atoms. The minimum atomic E-state index is -0.367. The number of primary amides is 1. The number of carbonyl (C=O) groups excluding carboxylic acids is 1. The lowest BCUT2D eigenvalue weighted by atomic mass is 9.88. The monoisotopic (exact) mass is 373 g/mol. The van der Waals surface area contributed by atoms with Crippen molar-refractivity contribution in [2.75, 3.05) is 12.4 Å². The highest BCUT2D eigenvalue weighted by Crippen LogP contribution is 2.42. The minimum Gasteiger partial charge on any atom is -0.494 e. The summed E-state index contributed by atoms with van der Waals surface area (Å²) >= 11 is 3.17. The molecule has 1 aliphatic rings. The lowest BCUT2D eigenvalue weighted by Gasteiger charge is -2.18. The average molecular weight is 374 g/mol. The van der Waals surface area contributed by atoms with Crippen LogP contribution in [0.1, 0.15) is 34.1 Å². The standard InChI is InChI=1S/C18H19N3O2S2/c1-9-6-7-10-13(8-9)24-17(14(10)16(19)22)21-18-20-15-11(23-2)4-3-5-12(15)25-18/h3-5,9H,6-8H2,1-2H3,(H2,19,22)(H,20,21)/t9-/m0/s1. The Labute approximate surface area is 153 Å². The fraction of sp³-hybridized carbons (Fsp3) is 0.333. The second kappa shape index (κ2) is 6.31. The van der Waals surface area contributed by atoms with Crippen LogP contribution in [0.3, 0.4) is 0 Å². The van der Waals surface area contributed by atoms with Gasteiger partial charge in [-0.1, -0.05) is 24.3 Å². The first-order valence-electron chi connectivity index (χ1n) is 8.21. The molecule has 3 aromatic rings. The van der Waals surface area contributed by atoms with Crippen molar-refractivity contribution < 1.29 is 9.53 Å². The summed E-state index contributed by atoms with van der Waals surface area (Å²) in [5.74, 6) is 1.02. The molecule has 7 heteroatoms. The van der Waals surface area contributed by atoms with Gasteiger partial charge in [0, 0.05) is 4.88 Å². The maximum absolute atomic E-state index is 12.1. The summed E-state index contributed by atoms with van der Waals surface area (Å²) in [6, 6.07) is 5.85. The number of nitrogens with one attached hydrogen (secondary N) is 1. The van der Waals surface area contributed by atoms with Crippen LogP contribution in [0.15, 0.2) is 18.2 Å². The first-order chi connectivity index (χ1) is 12.1.